The first-order valence-corrected chi connectivity index (χ1v) is 8.37. The highest BCUT2D eigenvalue weighted by Crippen LogP contribution is 2.13. The minimum absolute atomic E-state index is 0.190. The monoisotopic (exact) mass is 346 g/mol. The number of aromatic nitrogens is 5. The molecule has 0 radical (unpaired) electrons. The van der Waals surface area contributed by atoms with Gasteiger partial charge in [-0.3, -0.25) is 13.9 Å². The van der Waals surface area contributed by atoms with Crippen molar-refractivity contribution in [2.45, 2.75) is 19.5 Å². The number of fused-ring (bicyclic) bond motifs is 1. The molecule has 0 fully saturated rings. The van der Waals surface area contributed by atoms with Crippen molar-refractivity contribution >= 4 is 11.6 Å². The molecule has 0 aliphatic carbocycles. The highest BCUT2D eigenvalue weighted by atomic mass is 16.1. The van der Waals surface area contributed by atoms with Crippen molar-refractivity contribution < 1.29 is 4.79 Å². The van der Waals surface area contributed by atoms with Gasteiger partial charge in [0.15, 0.2) is 11.5 Å². The molecule has 7 heteroatoms. The highest BCUT2D eigenvalue weighted by molar-refractivity contribution is 5.93. The van der Waals surface area contributed by atoms with Crippen LogP contribution in [0.25, 0.3) is 5.65 Å². The van der Waals surface area contributed by atoms with Gasteiger partial charge in [0.05, 0.1) is 24.3 Å². The molecule has 0 aliphatic rings. The first kappa shape index (κ1) is 16.0. The molecule has 0 aliphatic heterocycles. The quantitative estimate of drug-likeness (QED) is 0.602. The molecule has 4 rings (SSSR count). The SMILES string of the molecule is CC(NC(=O)c1cnn(Cc2ccccc2)c1)c1nnc2ccccn12. The number of nitrogens with zero attached hydrogens (tertiary/aromatic N) is 5. The number of carbonyl (C=O) groups excluding carboxylic acids is 1. The van der Waals surface area contributed by atoms with Gasteiger partial charge in [-0.2, -0.15) is 5.10 Å². The third-order valence-electron chi connectivity index (χ3n) is 4.16. The van der Waals surface area contributed by atoms with Crippen molar-refractivity contribution in [1.82, 2.24) is 29.7 Å². The van der Waals surface area contributed by atoms with E-state index in [-0.39, 0.29) is 11.9 Å². The van der Waals surface area contributed by atoms with Gasteiger partial charge < -0.3 is 5.32 Å². The zero-order valence-corrected chi connectivity index (χ0v) is 14.3. The van der Waals surface area contributed by atoms with E-state index in [1.54, 1.807) is 17.1 Å². The zero-order valence-electron chi connectivity index (χ0n) is 14.3. The Morgan fingerprint density at radius 1 is 1.12 bits per heavy atom. The van der Waals surface area contributed by atoms with Gasteiger partial charge >= 0.3 is 0 Å². The lowest BCUT2D eigenvalue weighted by molar-refractivity contribution is 0.0938. The van der Waals surface area contributed by atoms with E-state index in [2.05, 4.69) is 20.6 Å². The number of carbonyl (C=O) groups is 1. The Labute approximate surface area is 150 Å². The van der Waals surface area contributed by atoms with Crippen molar-refractivity contribution in [3.63, 3.8) is 0 Å². The molecule has 1 atom stereocenters. The van der Waals surface area contributed by atoms with Crippen LogP contribution in [0.2, 0.25) is 0 Å². The lowest BCUT2D eigenvalue weighted by Gasteiger charge is -2.11. The van der Waals surface area contributed by atoms with E-state index in [9.17, 15) is 4.79 Å². The van der Waals surface area contributed by atoms with E-state index in [0.29, 0.717) is 17.9 Å². The minimum atomic E-state index is -0.280. The topological polar surface area (TPSA) is 77.1 Å². The van der Waals surface area contributed by atoms with Gasteiger partial charge in [-0.25, -0.2) is 0 Å². The smallest absolute Gasteiger partial charge is 0.255 e. The van der Waals surface area contributed by atoms with Crippen LogP contribution in [-0.4, -0.2) is 30.3 Å². The van der Waals surface area contributed by atoms with Crippen molar-refractivity contribution in [2.75, 3.05) is 0 Å². The molecule has 1 amide bonds. The van der Waals surface area contributed by atoms with E-state index in [1.807, 2.05) is 66.1 Å². The molecular formula is C19H18N6O. The van der Waals surface area contributed by atoms with Gasteiger partial charge in [0.25, 0.3) is 5.91 Å². The summed E-state index contributed by atoms with van der Waals surface area (Å²) < 4.78 is 3.62. The summed E-state index contributed by atoms with van der Waals surface area (Å²) in [7, 11) is 0. The van der Waals surface area contributed by atoms with E-state index in [4.69, 9.17) is 0 Å². The fraction of sp³-hybridized carbons (Fsp3) is 0.158. The summed E-state index contributed by atoms with van der Waals surface area (Å²) in [5, 5.41) is 15.5. The van der Waals surface area contributed by atoms with Crippen molar-refractivity contribution in [2.24, 2.45) is 0 Å². The third kappa shape index (κ3) is 3.19. The van der Waals surface area contributed by atoms with Crippen molar-refractivity contribution in [3.8, 4) is 0 Å². The number of hydrogen-bond acceptors (Lipinski definition) is 4. The maximum absolute atomic E-state index is 12.5. The van der Waals surface area contributed by atoms with E-state index >= 15 is 0 Å². The second-order valence-electron chi connectivity index (χ2n) is 6.09. The summed E-state index contributed by atoms with van der Waals surface area (Å²) in [4.78, 5) is 12.5. The molecule has 7 nitrogen and oxygen atoms in total. The first-order chi connectivity index (χ1) is 12.7. The fourth-order valence-electron chi connectivity index (χ4n) is 2.84. The molecule has 0 saturated carbocycles. The van der Waals surface area contributed by atoms with Crippen LogP contribution in [0.3, 0.4) is 0 Å². The Balaban J connectivity index is 1.46. The molecule has 3 heterocycles. The minimum Gasteiger partial charge on any atom is -0.342 e. The number of benzene rings is 1. The van der Waals surface area contributed by atoms with Gasteiger partial charge in [0.2, 0.25) is 0 Å². The second-order valence-corrected chi connectivity index (χ2v) is 6.09. The molecule has 3 aromatic heterocycles. The summed E-state index contributed by atoms with van der Waals surface area (Å²) in [5.74, 6) is 0.495. The summed E-state index contributed by atoms with van der Waals surface area (Å²) in [6.07, 6.45) is 5.20. The highest BCUT2D eigenvalue weighted by Gasteiger charge is 2.17. The number of nitrogens with one attached hydrogen (secondary N) is 1. The molecule has 1 aromatic carbocycles. The van der Waals surface area contributed by atoms with Crippen molar-refractivity contribution in [3.05, 3.63) is 84.1 Å². The Morgan fingerprint density at radius 2 is 1.92 bits per heavy atom. The Morgan fingerprint density at radius 3 is 2.77 bits per heavy atom. The van der Waals surface area contributed by atoms with Crippen molar-refractivity contribution in [1.29, 1.82) is 0 Å². The van der Waals surface area contributed by atoms with E-state index in [0.717, 1.165) is 11.2 Å². The van der Waals surface area contributed by atoms with Crippen LogP contribution in [0.5, 0.6) is 0 Å². The Hall–Kier alpha value is -3.48. The maximum atomic E-state index is 12.5. The summed E-state index contributed by atoms with van der Waals surface area (Å²) in [6, 6.07) is 15.4. The number of rotatable bonds is 5. The molecule has 0 saturated heterocycles. The Kier molecular flexibility index (Phi) is 4.18. The number of amides is 1. The normalized spacial score (nSPS) is 12.2. The standard InChI is InChI=1S/C19H18N6O/c1-14(18-23-22-17-9-5-6-10-25(17)18)21-19(26)16-11-20-24(13-16)12-15-7-3-2-4-8-15/h2-11,13-14H,12H2,1H3,(H,21,26). The largest absolute Gasteiger partial charge is 0.342 e. The molecule has 26 heavy (non-hydrogen) atoms. The van der Waals surface area contributed by atoms with Gasteiger partial charge in [0, 0.05) is 12.4 Å². The van der Waals surface area contributed by atoms with E-state index in [1.165, 1.54) is 0 Å². The Bertz CT molecular complexity index is 1040. The second kappa shape index (κ2) is 6.79. The number of pyridine rings is 1. The molecule has 0 spiro atoms. The molecule has 0 bridgehead atoms. The predicted octanol–water partition coefficient (Wildman–Crippen LogP) is 2.47. The summed E-state index contributed by atoms with van der Waals surface area (Å²) in [5.41, 5.74) is 2.40. The average Bonchev–Trinajstić information content (AvgIpc) is 3.29. The van der Waals surface area contributed by atoms with Crippen LogP contribution >= 0.6 is 0 Å². The van der Waals surface area contributed by atoms with Crippen LogP contribution in [-0.2, 0) is 6.54 Å². The molecule has 4 aromatic rings. The average molecular weight is 346 g/mol. The van der Waals surface area contributed by atoms with Gasteiger partial charge in [-0.05, 0) is 24.6 Å². The molecule has 1 unspecified atom stereocenters. The molecular weight excluding hydrogens is 328 g/mol. The fourth-order valence-corrected chi connectivity index (χ4v) is 2.84. The number of hydrogen-bond donors (Lipinski definition) is 1. The molecule has 130 valence electrons. The third-order valence-corrected chi connectivity index (χ3v) is 4.16. The zero-order chi connectivity index (χ0) is 17.9. The van der Waals surface area contributed by atoms with Gasteiger partial charge in [-0.1, -0.05) is 36.4 Å². The van der Waals surface area contributed by atoms with E-state index < -0.39 is 0 Å². The lowest BCUT2D eigenvalue weighted by Crippen LogP contribution is -2.27. The predicted molar refractivity (Wildman–Crippen MR) is 96.6 cm³/mol. The summed E-state index contributed by atoms with van der Waals surface area (Å²) >= 11 is 0. The summed E-state index contributed by atoms with van der Waals surface area (Å²) in [6.45, 7) is 2.51. The molecule has 1 N–H and O–H groups in total. The van der Waals surface area contributed by atoms with Crippen LogP contribution in [0.15, 0.2) is 67.1 Å². The van der Waals surface area contributed by atoms with Crippen LogP contribution in [0, 0.1) is 0 Å². The lowest BCUT2D eigenvalue weighted by atomic mass is 10.2. The van der Waals surface area contributed by atoms with Gasteiger partial charge in [0.1, 0.15) is 0 Å². The van der Waals surface area contributed by atoms with Crippen LogP contribution in [0.4, 0.5) is 0 Å². The van der Waals surface area contributed by atoms with Crippen LogP contribution in [0.1, 0.15) is 34.7 Å². The van der Waals surface area contributed by atoms with Gasteiger partial charge in [-0.15, -0.1) is 10.2 Å². The van der Waals surface area contributed by atoms with Crippen LogP contribution < -0.4 is 5.32 Å². The first-order valence-electron chi connectivity index (χ1n) is 8.37. The maximum Gasteiger partial charge on any atom is 0.255 e.